The summed E-state index contributed by atoms with van der Waals surface area (Å²) < 4.78 is 5.33. The molecule has 1 unspecified atom stereocenters. The van der Waals surface area contributed by atoms with Gasteiger partial charge in [0.1, 0.15) is 6.61 Å². The van der Waals surface area contributed by atoms with Crippen LogP contribution in [0, 0.1) is 5.92 Å². The molecule has 1 aromatic heterocycles. The Morgan fingerprint density at radius 3 is 3.00 bits per heavy atom. The second kappa shape index (κ2) is 5.63. The van der Waals surface area contributed by atoms with Gasteiger partial charge < -0.3 is 9.72 Å². The lowest BCUT2D eigenvalue weighted by Gasteiger charge is -2.28. The monoisotopic (exact) mass is 299 g/mol. The van der Waals surface area contributed by atoms with Crippen molar-refractivity contribution in [3.63, 3.8) is 0 Å². The number of nitrogens with one attached hydrogen (secondary N) is 1. The molecule has 1 saturated carbocycles. The summed E-state index contributed by atoms with van der Waals surface area (Å²) in [6.45, 7) is 0.508. The number of rotatable bonds is 3. The highest BCUT2D eigenvalue weighted by Crippen LogP contribution is 2.33. The minimum Gasteiger partial charge on any atom is -0.447 e. The van der Waals surface area contributed by atoms with Crippen molar-refractivity contribution >= 4 is 22.8 Å². The van der Waals surface area contributed by atoms with E-state index in [2.05, 4.69) is 9.97 Å². The van der Waals surface area contributed by atoms with Crippen molar-refractivity contribution in [2.75, 3.05) is 11.5 Å². The number of nitrogens with zero attached hydrogens (tertiary/aromatic N) is 2. The maximum Gasteiger partial charge on any atom is 0.414 e. The zero-order valence-electron chi connectivity index (χ0n) is 12.6. The smallest absolute Gasteiger partial charge is 0.414 e. The Morgan fingerprint density at radius 1 is 1.27 bits per heavy atom. The van der Waals surface area contributed by atoms with E-state index >= 15 is 0 Å². The molecule has 0 bridgehead atoms. The van der Waals surface area contributed by atoms with E-state index in [1.54, 1.807) is 6.33 Å². The van der Waals surface area contributed by atoms with Gasteiger partial charge in [-0.25, -0.2) is 9.78 Å². The number of aromatic amines is 1. The summed E-state index contributed by atoms with van der Waals surface area (Å²) >= 11 is 0. The number of benzene rings is 1. The number of ether oxygens (including phenoxy) is 1. The van der Waals surface area contributed by atoms with Crippen molar-refractivity contribution in [2.24, 2.45) is 5.92 Å². The minimum atomic E-state index is -0.226. The maximum atomic E-state index is 12.2. The lowest BCUT2D eigenvalue weighted by Crippen LogP contribution is -2.35. The van der Waals surface area contributed by atoms with Gasteiger partial charge in [0, 0.05) is 5.69 Å². The summed E-state index contributed by atoms with van der Waals surface area (Å²) in [6, 6.07) is 6.07. The van der Waals surface area contributed by atoms with Crippen LogP contribution in [0.4, 0.5) is 10.5 Å². The Labute approximate surface area is 129 Å². The SMILES string of the molecule is O=C1OCC(CC2CCCCC2)N1c1ccc2[nH]cnc2c1. The van der Waals surface area contributed by atoms with Crippen molar-refractivity contribution in [3.8, 4) is 0 Å². The number of imidazole rings is 1. The molecule has 2 heterocycles. The van der Waals surface area contributed by atoms with Gasteiger partial charge in [-0.15, -0.1) is 0 Å². The van der Waals surface area contributed by atoms with Crippen LogP contribution in [-0.4, -0.2) is 28.7 Å². The molecule has 0 radical (unpaired) electrons. The van der Waals surface area contributed by atoms with Crippen LogP contribution in [-0.2, 0) is 4.74 Å². The highest BCUT2D eigenvalue weighted by molar-refractivity contribution is 5.92. The third-order valence-corrected chi connectivity index (χ3v) is 4.97. The van der Waals surface area contributed by atoms with Crippen LogP contribution in [0.5, 0.6) is 0 Å². The molecule has 1 atom stereocenters. The number of aromatic nitrogens is 2. The maximum absolute atomic E-state index is 12.2. The average Bonchev–Trinajstić information content (AvgIpc) is 3.14. The summed E-state index contributed by atoms with van der Waals surface area (Å²) in [6.07, 6.45) is 9.08. The third kappa shape index (κ3) is 2.45. The van der Waals surface area contributed by atoms with Crippen molar-refractivity contribution < 1.29 is 9.53 Å². The molecule has 1 saturated heterocycles. The van der Waals surface area contributed by atoms with Crippen LogP contribution < -0.4 is 4.90 Å². The van der Waals surface area contributed by atoms with Crippen molar-refractivity contribution in [2.45, 2.75) is 44.6 Å². The number of hydrogen-bond donors (Lipinski definition) is 1. The van der Waals surface area contributed by atoms with Gasteiger partial charge in [0.25, 0.3) is 0 Å². The van der Waals surface area contributed by atoms with E-state index in [0.29, 0.717) is 6.61 Å². The van der Waals surface area contributed by atoms with Gasteiger partial charge >= 0.3 is 6.09 Å². The first-order chi connectivity index (χ1) is 10.8. The zero-order valence-corrected chi connectivity index (χ0v) is 12.6. The highest BCUT2D eigenvalue weighted by atomic mass is 16.6. The number of H-pyrrole nitrogens is 1. The average molecular weight is 299 g/mol. The quantitative estimate of drug-likeness (QED) is 0.936. The Balaban J connectivity index is 1.57. The van der Waals surface area contributed by atoms with E-state index in [-0.39, 0.29) is 12.1 Å². The molecular weight excluding hydrogens is 278 g/mol. The number of amides is 1. The van der Waals surface area contributed by atoms with Gasteiger partial charge in [-0.05, 0) is 30.5 Å². The Bertz CT molecular complexity index is 675. The molecule has 5 nitrogen and oxygen atoms in total. The fourth-order valence-corrected chi connectivity index (χ4v) is 3.83. The fraction of sp³-hybridized carbons (Fsp3) is 0.529. The van der Waals surface area contributed by atoms with Gasteiger partial charge in [-0.2, -0.15) is 0 Å². The molecule has 22 heavy (non-hydrogen) atoms. The highest BCUT2D eigenvalue weighted by Gasteiger charge is 2.36. The van der Waals surface area contributed by atoms with E-state index in [4.69, 9.17) is 4.74 Å². The minimum absolute atomic E-state index is 0.159. The molecule has 2 fully saturated rings. The summed E-state index contributed by atoms with van der Waals surface area (Å²) in [5.74, 6) is 0.727. The van der Waals surface area contributed by atoms with Gasteiger partial charge in [-0.1, -0.05) is 32.1 Å². The summed E-state index contributed by atoms with van der Waals surface area (Å²) in [5.41, 5.74) is 2.76. The lowest BCUT2D eigenvalue weighted by molar-refractivity contribution is 0.177. The molecule has 0 spiro atoms. The van der Waals surface area contributed by atoms with Gasteiger partial charge in [0.2, 0.25) is 0 Å². The molecular formula is C17H21N3O2. The first-order valence-corrected chi connectivity index (χ1v) is 8.20. The third-order valence-electron chi connectivity index (χ3n) is 4.97. The van der Waals surface area contributed by atoms with Crippen LogP contribution in [0.1, 0.15) is 38.5 Å². The second-order valence-electron chi connectivity index (χ2n) is 6.44. The van der Waals surface area contributed by atoms with E-state index in [1.807, 2.05) is 23.1 Å². The van der Waals surface area contributed by atoms with Crippen LogP contribution in [0.25, 0.3) is 11.0 Å². The van der Waals surface area contributed by atoms with Crippen LogP contribution >= 0.6 is 0 Å². The molecule has 2 aromatic rings. The first kappa shape index (κ1) is 13.6. The fourth-order valence-electron chi connectivity index (χ4n) is 3.83. The number of carbonyl (C=O) groups excluding carboxylic acids is 1. The Kier molecular flexibility index (Phi) is 3.48. The largest absolute Gasteiger partial charge is 0.447 e. The molecule has 1 aromatic carbocycles. The zero-order chi connectivity index (χ0) is 14.9. The first-order valence-electron chi connectivity index (χ1n) is 8.20. The molecule has 1 aliphatic carbocycles. The van der Waals surface area contributed by atoms with Gasteiger partial charge in [0.15, 0.2) is 0 Å². The summed E-state index contributed by atoms with van der Waals surface area (Å²) in [4.78, 5) is 21.4. The molecule has 1 N–H and O–H groups in total. The number of hydrogen-bond acceptors (Lipinski definition) is 3. The standard InChI is InChI=1S/C17H21N3O2/c21-17-20(13-6-7-15-16(9-13)19-11-18-15)14(10-22-17)8-12-4-2-1-3-5-12/h6-7,9,11-12,14H,1-5,8,10H2,(H,18,19). The second-order valence-corrected chi connectivity index (χ2v) is 6.44. The summed E-state index contributed by atoms with van der Waals surface area (Å²) in [5, 5.41) is 0. The topological polar surface area (TPSA) is 58.2 Å². The molecule has 5 heteroatoms. The van der Waals surface area contributed by atoms with E-state index < -0.39 is 0 Å². The number of fused-ring (bicyclic) bond motifs is 1. The molecule has 1 amide bonds. The summed E-state index contributed by atoms with van der Waals surface area (Å²) in [7, 11) is 0. The number of cyclic esters (lactones) is 1. The van der Waals surface area contributed by atoms with Crippen LogP contribution in [0.15, 0.2) is 24.5 Å². The molecule has 4 rings (SSSR count). The molecule has 1 aliphatic heterocycles. The Morgan fingerprint density at radius 2 is 2.14 bits per heavy atom. The number of carbonyl (C=O) groups is 1. The van der Waals surface area contributed by atoms with Crippen molar-refractivity contribution in [3.05, 3.63) is 24.5 Å². The Hall–Kier alpha value is -2.04. The molecule has 2 aliphatic rings. The predicted octanol–water partition coefficient (Wildman–Crippen LogP) is 3.86. The van der Waals surface area contributed by atoms with Gasteiger partial charge in [0.05, 0.1) is 23.4 Å². The normalized spacial score (nSPS) is 23.2. The van der Waals surface area contributed by atoms with Gasteiger partial charge in [-0.3, -0.25) is 4.90 Å². The predicted molar refractivity (Wildman–Crippen MR) is 84.9 cm³/mol. The van der Waals surface area contributed by atoms with E-state index in [0.717, 1.165) is 29.1 Å². The van der Waals surface area contributed by atoms with Crippen molar-refractivity contribution in [1.82, 2.24) is 9.97 Å². The van der Waals surface area contributed by atoms with Crippen LogP contribution in [0.3, 0.4) is 0 Å². The lowest BCUT2D eigenvalue weighted by atomic mass is 9.84. The molecule has 116 valence electrons. The number of anilines is 1. The van der Waals surface area contributed by atoms with E-state index in [1.165, 1.54) is 32.1 Å². The van der Waals surface area contributed by atoms with Crippen LogP contribution in [0.2, 0.25) is 0 Å². The van der Waals surface area contributed by atoms with E-state index in [9.17, 15) is 4.79 Å². The van der Waals surface area contributed by atoms with Crippen molar-refractivity contribution in [1.29, 1.82) is 0 Å².